The molecule has 4 aromatic rings. The van der Waals surface area contributed by atoms with Crippen LogP contribution in [-0.2, 0) is 0 Å². The summed E-state index contributed by atoms with van der Waals surface area (Å²) < 4.78 is 0. The maximum absolute atomic E-state index is 2.37. The van der Waals surface area contributed by atoms with Gasteiger partial charge in [-0.15, -0.1) is 11.3 Å². The molecule has 0 fully saturated rings. The second-order valence-corrected chi connectivity index (χ2v) is 7.59. The fourth-order valence-corrected chi connectivity index (χ4v) is 4.18. The Morgan fingerprint density at radius 2 is 1.44 bits per heavy atom. The van der Waals surface area contributed by atoms with Crippen LogP contribution in [0.25, 0.3) is 10.8 Å². The molecule has 0 aliphatic rings. The van der Waals surface area contributed by atoms with Crippen LogP contribution in [0.3, 0.4) is 0 Å². The maximum atomic E-state index is 2.37. The van der Waals surface area contributed by atoms with Gasteiger partial charge < -0.3 is 4.90 Å². The zero-order valence-electron chi connectivity index (χ0n) is 14.5. The lowest BCUT2D eigenvalue weighted by molar-refractivity contribution is 0.890. The number of nitrogens with zero attached hydrogens (tertiary/aromatic N) is 1. The van der Waals surface area contributed by atoms with E-state index in [4.69, 9.17) is 0 Å². The molecule has 0 saturated carbocycles. The summed E-state index contributed by atoms with van der Waals surface area (Å²) in [7, 11) is 0. The molecule has 124 valence electrons. The first-order valence-electron chi connectivity index (χ1n) is 8.67. The fourth-order valence-electron chi connectivity index (χ4n) is 3.14. The molecule has 4 rings (SSSR count). The number of fused-ring (bicyclic) bond motifs is 1. The van der Waals surface area contributed by atoms with Crippen LogP contribution in [-0.4, -0.2) is 0 Å². The SMILES string of the molecule is CC(C)c1ccc(N(c2ccccc2)c2cccc3ccccc23)s1. The summed E-state index contributed by atoms with van der Waals surface area (Å²) in [6, 6.07) is 30.3. The van der Waals surface area contributed by atoms with Gasteiger partial charge in [0.2, 0.25) is 0 Å². The molecule has 1 heterocycles. The predicted molar refractivity (Wildman–Crippen MR) is 111 cm³/mol. The molecule has 2 heteroatoms. The van der Waals surface area contributed by atoms with E-state index in [1.165, 1.54) is 32.0 Å². The molecule has 0 radical (unpaired) electrons. The molecule has 0 atom stereocenters. The summed E-state index contributed by atoms with van der Waals surface area (Å²) >= 11 is 1.87. The van der Waals surface area contributed by atoms with Gasteiger partial charge in [-0.2, -0.15) is 0 Å². The van der Waals surface area contributed by atoms with E-state index in [9.17, 15) is 0 Å². The van der Waals surface area contributed by atoms with Crippen molar-refractivity contribution >= 4 is 38.5 Å². The lowest BCUT2D eigenvalue weighted by Gasteiger charge is -2.25. The highest BCUT2D eigenvalue weighted by atomic mass is 32.1. The number of hydrogen-bond acceptors (Lipinski definition) is 2. The molecule has 1 nitrogen and oxygen atoms in total. The van der Waals surface area contributed by atoms with Gasteiger partial charge in [-0.05, 0) is 41.6 Å². The molecule has 25 heavy (non-hydrogen) atoms. The van der Waals surface area contributed by atoms with E-state index in [-0.39, 0.29) is 0 Å². The lowest BCUT2D eigenvalue weighted by atomic mass is 10.1. The smallest absolute Gasteiger partial charge is 0.100 e. The largest absolute Gasteiger partial charge is 0.301 e. The van der Waals surface area contributed by atoms with Crippen LogP contribution in [0.4, 0.5) is 16.4 Å². The number of rotatable bonds is 4. The van der Waals surface area contributed by atoms with Crippen LogP contribution in [0.5, 0.6) is 0 Å². The average molecular weight is 343 g/mol. The van der Waals surface area contributed by atoms with Crippen molar-refractivity contribution in [2.45, 2.75) is 19.8 Å². The molecule has 0 aliphatic heterocycles. The van der Waals surface area contributed by atoms with Crippen molar-refractivity contribution in [1.82, 2.24) is 0 Å². The topological polar surface area (TPSA) is 3.24 Å². The van der Waals surface area contributed by atoms with Crippen molar-refractivity contribution in [2.24, 2.45) is 0 Å². The van der Waals surface area contributed by atoms with Crippen molar-refractivity contribution in [1.29, 1.82) is 0 Å². The third-order valence-electron chi connectivity index (χ3n) is 4.42. The summed E-state index contributed by atoms with van der Waals surface area (Å²) in [6.45, 7) is 4.50. The van der Waals surface area contributed by atoms with Gasteiger partial charge in [0.1, 0.15) is 5.00 Å². The van der Waals surface area contributed by atoms with Gasteiger partial charge in [-0.3, -0.25) is 0 Å². The summed E-state index contributed by atoms with van der Waals surface area (Å²) in [4.78, 5) is 3.79. The molecule has 0 saturated heterocycles. The number of hydrogen-bond donors (Lipinski definition) is 0. The van der Waals surface area contributed by atoms with Crippen molar-refractivity contribution in [3.05, 3.63) is 89.8 Å². The Kier molecular flexibility index (Phi) is 4.29. The molecule has 3 aromatic carbocycles. The monoisotopic (exact) mass is 343 g/mol. The maximum Gasteiger partial charge on any atom is 0.100 e. The lowest BCUT2D eigenvalue weighted by Crippen LogP contribution is -2.08. The van der Waals surface area contributed by atoms with Gasteiger partial charge in [0.25, 0.3) is 0 Å². The van der Waals surface area contributed by atoms with Gasteiger partial charge in [-0.25, -0.2) is 0 Å². The van der Waals surface area contributed by atoms with E-state index in [0.717, 1.165) is 0 Å². The second kappa shape index (κ2) is 6.73. The molecule has 0 N–H and O–H groups in total. The van der Waals surface area contributed by atoms with E-state index in [1.54, 1.807) is 0 Å². The number of para-hydroxylation sites is 1. The Labute approximate surface area is 153 Å². The average Bonchev–Trinajstić information content (AvgIpc) is 3.13. The van der Waals surface area contributed by atoms with Gasteiger partial charge in [-0.1, -0.05) is 68.4 Å². The number of anilines is 3. The fraction of sp³-hybridized carbons (Fsp3) is 0.130. The minimum atomic E-state index is 0.545. The molecule has 1 aromatic heterocycles. The molecular formula is C23H21NS. The Hall–Kier alpha value is -2.58. The third-order valence-corrected chi connectivity index (χ3v) is 5.79. The number of benzene rings is 3. The highest BCUT2D eigenvalue weighted by Gasteiger charge is 2.17. The summed E-state index contributed by atoms with van der Waals surface area (Å²) in [5, 5.41) is 3.79. The molecule has 0 amide bonds. The minimum Gasteiger partial charge on any atom is -0.301 e. The Morgan fingerprint density at radius 3 is 2.20 bits per heavy atom. The molecule has 0 aliphatic carbocycles. The summed E-state index contributed by atoms with van der Waals surface area (Å²) in [6.07, 6.45) is 0. The normalized spacial score (nSPS) is 11.2. The van der Waals surface area contributed by atoms with Crippen molar-refractivity contribution in [2.75, 3.05) is 4.90 Å². The zero-order chi connectivity index (χ0) is 17.2. The van der Waals surface area contributed by atoms with E-state index in [0.29, 0.717) is 5.92 Å². The van der Waals surface area contributed by atoms with Crippen molar-refractivity contribution < 1.29 is 0 Å². The quantitative estimate of drug-likeness (QED) is 0.371. The van der Waals surface area contributed by atoms with E-state index in [1.807, 2.05) is 11.3 Å². The molecular weight excluding hydrogens is 322 g/mol. The highest BCUT2D eigenvalue weighted by Crippen LogP contribution is 2.42. The first kappa shape index (κ1) is 15.9. The van der Waals surface area contributed by atoms with Crippen LogP contribution < -0.4 is 4.90 Å². The molecule has 0 bridgehead atoms. The molecule has 0 spiro atoms. The number of thiophene rings is 1. The van der Waals surface area contributed by atoms with E-state index >= 15 is 0 Å². The zero-order valence-corrected chi connectivity index (χ0v) is 15.3. The Morgan fingerprint density at radius 1 is 0.720 bits per heavy atom. The van der Waals surface area contributed by atoms with E-state index < -0.39 is 0 Å². The van der Waals surface area contributed by atoms with E-state index in [2.05, 4.69) is 104 Å². The predicted octanol–water partition coefficient (Wildman–Crippen LogP) is 7.49. The Balaban J connectivity index is 1.94. The van der Waals surface area contributed by atoms with Gasteiger partial charge >= 0.3 is 0 Å². The van der Waals surface area contributed by atoms with Crippen molar-refractivity contribution in [3.8, 4) is 0 Å². The second-order valence-electron chi connectivity index (χ2n) is 6.50. The first-order valence-corrected chi connectivity index (χ1v) is 9.48. The minimum absolute atomic E-state index is 0.545. The summed E-state index contributed by atoms with van der Waals surface area (Å²) in [5.41, 5.74) is 2.41. The van der Waals surface area contributed by atoms with Gasteiger partial charge in [0.15, 0.2) is 0 Å². The summed E-state index contributed by atoms with van der Waals surface area (Å²) in [5.74, 6) is 0.545. The van der Waals surface area contributed by atoms with Crippen LogP contribution in [0, 0.1) is 0 Å². The van der Waals surface area contributed by atoms with Crippen molar-refractivity contribution in [3.63, 3.8) is 0 Å². The first-order chi connectivity index (χ1) is 12.2. The van der Waals surface area contributed by atoms with Gasteiger partial charge in [0, 0.05) is 16.0 Å². The van der Waals surface area contributed by atoms with Crippen LogP contribution in [0.1, 0.15) is 24.6 Å². The highest BCUT2D eigenvalue weighted by molar-refractivity contribution is 7.16. The third kappa shape index (κ3) is 3.06. The van der Waals surface area contributed by atoms with Crippen LogP contribution in [0.2, 0.25) is 0 Å². The van der Waals surface area contributed by atoms with Gasteiger partial charge in [0.05, 0.1) is 5.69 Å². The Bertz CT molecular complexity index is 980. The molecule has 0 unspecified atom stereocenters. The van der Waals surface area contributed by atoms with Crippen LogP contribution >= 0.6 is 11.3 Å². The standard InChI is InChI=1S/C23H21NS/c1-17(2)22-15-16-23(25-22)24(19-11-4-3-5-12-19)21-14-8-10-18-9-6-7-13-20(18)21/h3-17H,1-2H3. The van der Waals surface area contributed by atoms with Crippen LogP contribution in [0.15, 0.2) is 84.9 Å².